The fraction of sp³-hybridized carbons (Fsp3) is 0.111. The molecule has 0 bridgehead atoms. The largest absolute Gasteiger partial charge is 0.479 e. The molecule has 0 fully saturated rings. The number of Topliss-reactive ketones (excluding diaryl/α,β-unsaturated/α-hetero) is 1. The van der Waals surface area contributed by atoms with Crippen molar-refractivity contribution in [2.45, 2.75) is 6.92 Å². The second-order valence-corrected chi connectivity index (χ2v) is 4.96. The van der Waals surface area contributed by atoms with Crippen LogP contribution in [0.4, 0.5) is 0 Å². The lowest BCUT2D eigenvalue weighted by atomic mass is 10.1. The Morgan fingerprint density at radius 3 is 2.73 bits per heavy atom. The zero-order valence-electron chi connectivity index (χ0n) is 12.0. The molecule has 2 aromatic carbocycles. The van der Waals surface area contributed by atoms with E-state index in [-0.39, 0.29) is 18.1 Å². The van der Waals surface area contributed by atoms with Gasteiger partial charge in [0.2, 0.25) is 5.78 Å². The van der Waals surface area contributed by atoms with Gasteiger partial charge >= 0.3 is 0 Å². The van der Waals surface area contributed by atoms with E-state index in [1.165, 1.54) is 0 Å². The van der Waals surface area contributed by atoms with Crippen molar-refractivity contribution >= 4 is 11.9 Å². The zero-order chi connectivity index (χ0) is 15.5. The molecule has 1 aliphatic rings. The molecule has 1 heterocycles. The highest BCUT2D eigenvalue weighted by Gasteiger charge is 2.27. The lowest BCUT2D eigenvalue weighted by molar-refractivity contribution is 0.101. The van der Waals surface area contributed by atoms with E-state index in [4.69, 9.17) is 14.7 Å². The van der Waals surface area contributed by atoms with E-state index in [9.17, 15) is 4.79 Å². The van der Waals surface area contributed by atoms with Crippen LogP contribution in [-0.4, -0.2) is 12.4 Å². The van der Waals surface area contributed by atoms with E-state index in [2.05, 4.69) is 0 Å². The van der Waals surface area contributed by atoms with E-state index in [0.717, 1.165) is 11.1 Å². The predicted molar refractivity (Wildman–Crippen MR) is 81.7 cm³/mol. The van der Waals surface area contributed by atoms with Gasteiger partial charge in [0.15, 0.2) is 12.4 Å². The molecule has 0 amide bonds. The van der Waals surface area contributed by atoms with Crippen LogP contribution >= 0.6 is 0 Å². The van der Waals surface area contributed by atoms with Crippen LogP contribution in [0.1, 0.15) is 21.5 Å². The van der Waals surface area contributed by atoms with Gasteiger partial charge in [-0.2, -0.15) is 5.26 Å². The first-order valence-electron chi connectivity index (χ1n) is 6.82. The second kappa shape index (κ2) is 5.74. The highest BCUT2D eigenvalue weighted by Crippen LogP contribution is 2.34. The van der Waals surface area contributed by atoms with Crippen LogP contribution in [-0.2, 0) is 0 Å². The number of rotatable bonds is 3. The summed E-state index contributed by atoms with van der Waals surface area (Å²) in [6.45, 7) is 1.96. The number of hydrogen-bond acceptors (Lipinski definition) is 4. The highest BCUT2D eigenvalue weighted by molar-refractivity contribution is 6.14. The summed E-state index contributed by atoms with van der Waals surface area (Å²) in [5.74, 6) is 1.10. The van der Waals surface area contributed by atoms with Crippen molar-refractivity contribution in [3.63, 3.8) is 0 Å². The van der Waals surface area contributed by atoms with E-state index >= 15 is 0 Å². The molecular formula is C18H13NO3. The Balaban J connectivity index is 1.87. The van der Waals surface area contributed by atoms with E-state index in [1.807, 2.05) is 37.3 Å². The summed E-state index contributed by atoms with van der Waals surface area (Å²) in [5.41, 5.74) is 2.56. The minimum atomic E-state index is -0.151. The number of carbonyl (C=O) groups is 1. The SMILES string of the molecule is Cc1ccc(C=C2Oc3cc(OCC#N)ccc3C2=O)cc1. The maximum Gasteiger partial charge on any atom is 0.231 e. The topological polar surface area (TPSA) is 59.3 Å². The van der Waals surface area contributed by atoms with Crippen LogP contribution in [0.2, 0.25) is 0 Å². The molecule has 0 aliphatic carbocycles. The molecule has 0 saturated heterocycles. The Bertz CT molecular complexity index is 798. The highest BCUT2D eigenvalue weighted by atomic mass is 16.5. The number of fused-ring (bicyclic) bond motifs is 1. The standard InChI is InChI=1S/C18H13NO3/c1-12-2-4-13(5-3-12)10-17-18(20)15-7-6-14(21-9-8-19)11-16(15)22-17/h2-7,10-11H,9H2,1H3. The predicted octanol–water partition coefficient (Wildman–Crippen LogP) is 3.51. The molecule has 3 rings (SSSR count). The summed E-state index contributed by atoms with van der Waals surface area (Å²) in [7, 11) is 0. The van der Waals surface area contributed by atoms with Gasteiger partial charge in [0.25, 0.3) is 0 Å². The lowest BCUT2D eigenvalue weighted by Gasteiger charge is -2.03. The Labute approximate surface area is 128 Å². The number of carbonyl (C=O) groups excluding carboxylic acids is 1. The number of allylic oxidation sites excluding steroid dienone is 1. The van der Waals surface area contributed by atoms with Gasteiger partial charge in [-0.25, -0.2) is 0 Å². The van der Waals surface area contributed by atoms with Crippen molar-refractivity contribution in [3.05, 3.63) is 64.9 Å². The minimum Gasteiger partial charge on any atom is -0.479 e. The summed E-state index contributed by atoms with van der Waals surface area (Å²) in [6, 6.07) is 14.7. The van der Waals surface area contributed by atoms with Crippen molar-refractivity contribution in [3.8, 4) is 17.6 Å². The Kier molecular flexibility index (Phi) is 3.63. The van der Waals surface area contributed by atoms with Crippen molar-refractivity contribution in [2.24, 2.45) is 0 Å². The zero-order valence-corrected chi connectivity index (χ0v) is 12.0. The fourth-order valence-corrected chi connectivity index (χ4v) is 2.19. The van der Waals surface area contributed by atoms with Gasteiger partial charge in [0.05, 0.1) is 5.56 Å². The van der Waals surface area contributed by atoms with Gasteiger partial charge in [-0.15, -0.1) is 0 Å². The fourth-order valence-electron chi connectivity index (χ4n) is 2.19. The Hall–Kier alpha value is -3.06. The Morgan fingerprint density at radius 2 is 2.00 bits per heavy atom. The number of ketones is 1. The molecule has 4 heteroatoms. The van der Waals surface area contributed by atoms with Crippen LogP contribution in [0.15, 0.2) is 48.2 Å². The first kappa shape index (κ1) is 13.9. The van der Waals surface area contributed by atoms with Crippen LogP contribution in [0.3, 0.4) is 0 Å². The molecule has 22 heavy (non-hydrogen) atoms. The van der Waals surface area contributed by atoms with Crippen molar-refractivity contribution in [2.75, 3.05) is 6.61 Å². The third-order valence-electron chi connectivity index (χ3n) is 3.32. The summed E-state index contributed by atoms with van der Waals surface area (Å²) >= 11 is 0. The normalized spacial score (nSPS) is 14.4. The van der Waals surface area contributed by atoms with Gasteiger partial charge in [0, 0.05) is 6.07 Å². The average molecular weight is 291 g/mol. The number of aryl methyl sites for hydroxylation is 1. The third kappa shape index (κ3) is 2.70. The molecule has 0 aromatic heterocycles. The van der Waals surface area contributed by atoms with Gasteiger partial charge in [-0.1, -0.05) is 29.8 Å². The van der Waals surface area contributed by atoms with E-state index < -0.39 is 0 Å². The lowest BCUT2D eigenvalue weighted by Crippen LogP contribution is -1.98. The Morgan fingerprint density at radius 1 is 1.23 bits per heavy atom. The molecule has 0 spiro atoms. The number of ether oxygens (including phenoxy) is 2. The van der Waals surface area contributed by atoms with Crippen LogP contribution in [0, 0.1) is 18.3 Å². The summed E-state index contributed by atoms with van der Waals surface area (Å²) in [4.78, 5) is 12.3. The van der Waals surface area contributed by atoms with Crippen LogP contribution in [0.25, 0.3) is 6.08 Å². The molecule has 108 valence electrons. The smallest absolute Gasteiger partial charge is 0.231 e. The minimum absolute atomic E-state index is 0.0429. The summed E-state index contributed by atoms with van der Waals surface area (Å²) < 4.78 is 10.8. The van der Waals surface area contributed by atoms with Gasteiger partial charge < -0.3 is 9.47 Å². The molecule has 0 unspecified atom stereocenters. The van der Waals surface area contributed by atoms with E-state index in [0.29, 0.717) is 17.1 Å². The maximum absolute atomic E-state index is 12.3. The first-order valence-corrected chi connectivity index (χ1v) is 6.82. The molecule has 0 radical (unpaired) electrons. The third-order valence-corrected chi connectivity index (χ3v) is 3.32. The molecule has 4 nitrogen and oxygen atoms in total. The van der Waals surface area contributed by atoms with Crippen molar-refractivity contribution in [1.82, 2.24) is 0 Å². The summed E-state index contributed by atoms with van der Waals surface area (Å²) in [6.07, 6.45) is 1.72. The van der Waals surface area contributed by atoms with Crippen molar-refractivity contribution < 1.29 is 14.3 Å². The second-order valence-electron chi connectivity index (χ2n) is 4.96. The monoisotopic (exact) mass is 291 g/mol. The van der Waals surface area contributed by atoms with Crippen LogP contribution in [0.5, 0.6) is 11.5 Å². The number of hydrogen-bond donors (Lipinski definition) is 0. The van der Waals surface area contributed by atoms with Crippen LogP contribution < -0.4 is 9.47 Å². The molecule has 1 aliphatic heterocycles. The quantitative estimate of drug-likeness (QED) is 0.812. The van der Waals surface area contributed by atoms with Gasteiger partial charge in [-0.05, 0) is 30.7 Å². The van der Waals surface area contributed by atoms with Crippen molar-refractivity contribution in [1.29, 1.82) is 5.26 Å². The number of nitriles is 1. The first-order chi connectivity index (χ1) is 10.7. The average Bonchev–Trinajstić information content (AvgIpc) is 2.83. The summed E-state index contributed by atoms with van der Waals surface area (Å²) in [5, 5.41) is 8.52. The number of benzene rings is 2. The van der Waals surface area contributed by atoms with Gasteiger partial charge in [0.1, 0.15) is 17.6 Å². The molecule has 2 aromatic rings. The molecule has 0 atom stereocenters. The molecule has 0 N–H and O–H groups in total. The molecule has 0 saturated carbocycles. The maximum atomic E-state index is 12.3. The number of nitrogens with zero attached hydrogens (tertiary/aromatic N) is 1. The molecular weight excluding hydrogens is 278 g/mol. The van der Waals surface area contributed by atoms with Gasteiger partial charge in [-0.3, -0.25) is 4.79 Å². The van der Waals surface area contributed by atoms with E-state index in [1.54, 1.807) is 24.3 Å².